The van der Waals surface area contributed by atoms with Crippen LogP contribution in [0, 0.1) is 0 Å². The van der Waals surface area contributed by atoms with Gasteiger partial charge in [-0.25, -0.2) is 9.79 Å². The van der Waals surface area contributed by atoms with Gasteiger partial charge in [0.1, 0.15) is 5.75 Å². The van der Waals surface area contributed by atoms with Gasteiger partial charge >= 0.3 is 5.97 Å². The summed E-state index contributed by atoms with van der Waals surface area (Å²) in [5.74, 6) is 0.134. The van der Waals surface area contributed by atoms with E-state index in [1.807, 2.05) is 109 Å². The van der Waals surface area contributed by atoms with Gasteiger partial charge in [0.25, 0.3) is 5.56 Å². The number of rotatable bonds is 9. The van der Waals surface area contributed by atoms with Crippen molar-refractivity contribution in [2.24, 2.45) is 4.99 Å². The largest absolute Gasteiger partial charge is 0.497 e. The third-order valence-electron chi connectivity index (χ3n) is 9.32. The Morgan fingerprint density at radius 3 is 2.04 bits per heavy atom. The summed E-state index contributed by atoms with van der Waals surface area (Å²) in [4.78, 5) is 34.4. The van der Waals surface area contributed by atoms with Crippen molar-refractivity contribution in [3.8, 4) is 34.0 Å². The third kappa shape index (κ3) is 6.57. The number of fused-ring (bicyclic) bond motifs is 1. The van der Waals surface area contributed by atoms with E-state index in [1.54, 1.807) is 18.6 Å². The molecule has 0 unspecified atom stereocenters. The van der Waals surface area contributed by atoms with Crippen molar-refractivity contribution in [1.29, 1.82) is 0 Å². The lowest BCUT2D eigenvalue weighted by atomic mass is 9.93. The van der Waals surface area contributed by atoms with Crippen LogP contribution in [-0.2, 0) is 9.53 Å². The summed E-state index contributed by atoms with van der Waals surface area (Å²) >= 11 is 4.90. The lowest BCUT2D eigenvalue weighted by Crippen LogP contribution is -2.40. The lowest BCUT2D eigenvalue weighted by molar-refractivity contribution is -0.138. The fraction of sp³-hybridized carbons (Fsp3) is 0.0889. The van der Waals surface area contributed by atoms with E-state index >= 15 is 0 Å². The molecule has 0 saturated carbocycles. The van der Waals surface area contributed by atoms with Gasteiger partial charge in [-0.2, -0.15) is 0 Å². The molecular formula is C45H34BrN3O4S. The molecule has 1 aliphatic heterocycles. The molecule has 7 nitrogen and oxygen atoms in total. The van der Waals surface area contributed by atoms with Crippen LogP contribution in [0.2, 0.25) is 0 Å². The molecule has 1 aliphatic rings. The number of aromatic nitrogens is 2. The normalized spacial score (nSPS) is 14.1. The lowest BCUT2D eigenvalue weighted by Gasteiger charge is -2.26. The predicted octanol–water partition coefficient (Wildman–Crippen LogP) is 8.83. The van der Waals surface area contributed by atoms with Gasteiger partial charge < -0.3 is 14.0 Å². The van der Waals surface area contributed by atoms with Gasteiger partial charge in [-0.15, -0.1) is 0 Å². The molecule has 0 radical (unpaired) electrons. The SMILES string of the molecule is CCOC(=O)C1=C(c2ccccc2)N=c2s/c(=C\c3cc(-c4ccccc4)n(-c4ccc(Br)cc4)c3-c3ccccc3)c(=O)n2[C@H]1c1ccc(OC)cc1. The van der Waals surface area contributed by atoms with Crippen LogP contribution in [0.25, 0.3) is 40.0 Å². The number of nitrogens with zero attached hydrogens (tertiary/aromatic N) is 3. The zero-order valence-electron chi connectivity index (χ0n) is 29.5. The molecular weight excluding hydrogens is 758 g/mol. The van der Waals surface area contributed by atoms with Crippen molar-refractivity contribution < 1.29 is 14.3 Å². The van der Waals surface area contributed by atoms with Crippen molar-refractivity contribution >= 4 is 45.0 Å². The number of benzene rings is 5. The Bertz CT molecular complexity index is 2680. The van der Waals surface area contributed by atoms with Crippen LogP contribution >= 0.6 is 27.3 Å². The Morgan fingerprint density at radius 1 is 0.815 bits per heavy atom. The number of ether oxygens (including phenoxy) is 2. The number of carbonyl (C=O) groups excluding carboxylic acids is 1. The first-order chi connectivity index (χ1) is 26.4. The Balaban J connectivity index is 1.42. The first kappa shape index (κ1) is 35.0. The standard InChI is InChI=1S/C45H34BrN3O4S/c1-3-53-44(51)39-40(30-15-9-5-10-16-30)47-45-49(42(39)32-19-25-36(52-2)26-20-32)43(50)38(54-45)28-33-27-37(29-13-7-4-8-14-29)48(35-23-21-34(46)22-24-35)41(33)31-17-11-6-12-18-31/h4-28,42H,3H2,1-2H3/b38-28-/t42-/m0/s1. The molecule has 266 valence electrons. The van der Waals surface area contributed by atoms with Crippen molar-refractivity contribution in [3.05, 3.63) is 192 Å². The molecule has 1 atom stereocenters. The molecule has 0 bridgehead atoms. The predicted molar refractivity (Wildman–Crippen MR) is 218 cm³/mol. The Labute approximate surface area is 324 Å². The van der Waals surface area contributed by atoms with E-state index in [0.717, 1.165) is 49.4 Å². The third-order valence-corrected chi connectivity index (χ3v) is 10.8. The zero-order chi connectivity index (χ0) is 37.2. The van der Waals surface area contributed by atoms with E-state index in [1.165, 1.54) is 11.3 Å². The maximum Gasteiger partial charge on any atom is 0.338 e. The van der Waals surface area contributed by atoms with Crippen LogP contribution in [0.1, 0.15) is 29.7 Å². The van der Waals surface area contributed by atoms with Crippen LogP contribution in [0.4, 0.5) is 0 Å². The van der Waals surface area contributed by atoms with E-state index < -0.39 is 12.0 Å². The maximum absolute atomic E-state index is 14.9. The summed E-state index contributed by atoms with van der Waals surface area (Å²) in [5, 5.41) is 0. The highest BCUT2D eigenvalue weighted by molar-refractivity contribution is 9.10. The fourth-order valence-electron chi connectivity index (χ4n) is 6.89. The number of methoxy groups -OCH3 is 1. The van der Waals surface area contributed by atoms with Crippen LogP contribution < -0.4 is 19.6 Å². The molecule has 5 aromatic carbocycles. The Hall–Kier alpha value is -6.03. The van der Waals surface area contributed by atoms with Crippen molar-refractivity contribution in [3.63, 3.8) is 0 Å². The molecule has 0 aliphatic carbocycles. The number of hydrogen-bond donors (Lipinski definition) is 0. The summed E-state index contributed by atoms with van der Waals surface area (Å²) in [6.45, 7) is 1.94. The van der Waals surface area contributed by atoms with E-state index in [0.29, 0.717) is 26.4 Å². The van der Waals surface area contributed by atoms with Gasteiger partial charge in [0.2, 0.25) is 0 Å². The van der Waals surface area contributed by atoms with Crippen molar-refractivity contribution in [2.45, 2.75) is 13.0 Å². The minimum Gasteiger partial charge on any atom is -0.497 e. The van der Waals surface area contributed by atoms with Gasteiger partial charge in [-0.1, -0.05) is 130 Å². The molecule has 2 aromatic heterocycles. The van der Waals surface area contributed by atoms with Crippen LogP contribution in [0.15, 0.2) is 165 Å². The molecule has 0 amide bonds. The maximum atomic E-state index is 14.9. The summed E-state index contributed by atoms with van der Waals surface area (Å²) in [5.41, 5.74) is 7.77. The summed E-state index contributed by atoms with van der Waals surface area (Å²) in [6, 6.07) is 47.0. The number of halogens is 1. The van der Waals surface area contributed by atoms with E-state index in [-0.39, 0.29) is 12.2 Å². The highest BCUT2D eigenvalue weighted by Gasteiger charge is 2.35. The van der Waals surface area contributed by atoms with E-state index in [4.69, 9.17) is 14.5 Å². The summed E-state index contributed by atoms with van der Waals surface area (Å²) in [6.07, 6.45) is 1.95. The second-order valence-electron chi connectivity index (χ2n) is 12.6. The monoisotopic (exact) mass is 791 g/mol. The minimum atomic E-state index is -0.801. The van der Waals surface area contributed by atoms with Crippen molar-refractivity contribution in [2.75, 3.05) is 13.7 Å². The zero-order valence-corrected chi connectivity index (χ0v) is 31.9. The van der Waals surface area contributed by atoms with Crippen LogP contribution in [0.3, 0.4) is 0 Å². The molecule has 0 saturated heterocycles. The van der Waals surface area contributed by atoms with Gasteiger partial charge in [-0.3, -0.25) is 9.36 Å². The van der Waals surface area contributed by atoms with Gasteiger partial charge in [-0.05, 0) is 72.2 Å². The molecule has 0 N–H and O–H groups in total. The van der Waals surface area contributed by atoms with Gasteiger partial charge in [0, 0.05) is 21.3 Å². The molecule has 3 heterocycles. The number of carbonyl (C=O) groups is 1. The second kappa shape index (κ2) is 15.1. The van der Waals surface area contributed by atoms with Crippen molar-refractivity contribution in [1.82, 2.24) is 9.13 Å². The molecule has 54 heavy (non-hydrogen) atoms. The smallest absolute Gasteiger partial charge is 0.338 e. The van der Waals surface area contributed by atoms with E-state index in [9.17, 15) is 9.59 Å². The molecule has 9 heteroatoms. The van der Waals surface area contributed by atoms with E-state index in [2.05, 4.69) is 63.0 Å². The number of hydrogen-bond acceptors (Lipinski definition) is 6. The average molecular weight is 793 g/mol. The Kier molecular flexibility index (Phi) is 9.82. The Morgan fingerprint density at radius 2 is 1.43 bits per heavy atom. The second-order valence-corrected chi connectivity index (χ2v) is 14.5. The fourth-order valence-corrected chi connectivity index (χ4v) is 8.15. The average Bonchev–Trinajstić information content (AvgIpc) is 3.75. The first-order valence-electron chi connectivity index (χ1n) is 17.5. The number of esters is 1. The minimum absolute atomic E-state index is 0.172. The topological polar surface area (TPSA) is 74.8 Å². The quantitative estimate of drug-likeness (QED) is 0.137. The summed E-state index contributed by atoms with van der Waals surface area (Å²) < 4.78 is 16.4. The molecule has 7 aromatic rings. The summed E-state index contributed by atoms with van der Waals surface area (Å²) in [7, 11) is 1.60. The molecule has 0 fully saturated rings. The highest BCUT2D eigenvalue weighted by Crippen LogP contribution is 2.38. The molecule has 0 spiro atoms. The van der Waals surface area contributed by atoms with Gasteiger partial charge in [0.15, 0.2) is 4.80 Å². The molecule has 8 rings (SSSR count). The first-order valence-corrected chi connectivity index (χ1v) is 19.1. The van der Waals surface area contributed by atoms with Crippen LogP contribution in [-0.4, -0.2) is 28.8 Å². The van der Waals surface area contributed by atoms with Gasteiger partial charge in [0.05, 0.1) is 46.9 Å². The number of thiazole rings is 1. The highest BCUT2D eigenvalue weighted by atomic mass is 79.9. The van der Waals surface area contributed by atoms with Crippen LogP contribution in [0.5, 0.6) is 5.75 Å².